The molecule has 0 N–H and O–H groups in total. The molecule has 0 radical (unpaired) electrons. The third kappa shape index (κ3) is 2.82. The lowest BCUT2D eigenvalue weighted by molar-refractivity contribution is 0.0489. The molecule has 0 saturated heterocycles. The van der Waals surface area contributed by atoms with Gasteiger partial charge in [-0.1, -0.05) is 6.92 Å². The van der Waals surface area contributed by atoms with Gasteiger partial charge in [0.15, 0.2) is 0 Å². The van der Waals surface area contributed by atoms with Gasteiger partial charge in [0.05, 0.1) is 19.4 Å². The van der Waals surface area contributed by atoms with Crippen molar-refractivity contribution in [1.82, 2.24) is 4.98 Å². The van der Waals surface area contributed by atoms with Gasteiger partial charge in [0.25, 0.3) is 0 Å². The van der Waals surface area contributed by atoms with Crippen molar-refractivity contribution in [2.75, 3.05) is 13.7 Å². The maximum absolute atomic E-state index is 11.8. The Hall–Kier alpha value is -2.30. The molecule has 0 unspecified atom stereocenters. The molecule has 0 amide bonds. The average Bonchev–Trinajstić information content (AvgIpc) is 2.92. The molecule has 0 aliphatic carbocycles. The molecule has 0 saturated carbocycles. The highest BCUT2D eigenvalue weighted by molar-refractivity contribution is 5.88. The minimum atomic E-state index is -0.475. The number of hydrogen-bond donors (Lipinski definition) is 0. The maximum Gasteiger partial charge on any atom is 0.376 e. The molecule has 106 valence electrons. The summed E-state index contributed by atoms with van der Waals surface area (Å²) in [6.07, 6.45) is 0.605. The van der Waals surface area contributed by atoms with E-state index in [9.17, 15) is 4.79 Å². The van der Waals surface area contributed by atoms with E-state index in [0.717, 1.165) is 11.3 Å². The summed E-state index contributed by atoms with van der Waals surface area (Å²) in [6.45, 7) is 3.98. The Balaban J connectivity index is 2.34. The Kier molecular flexibility index (Phi) is 4.40. The zero-order chi connectivity index (χ0) is 14.5. The third-order valence-corrected chi connectivity index (χ3v) is 2.83. The molecule has 0 spiro atoms. The van der Waals surface area contributed by atoms with Crippen LogP contribution in [0.15, 0.2) is 28.7 Å². The zero-order valence-corrected chi connectivity index (χ0v) is 11.8. The number of aryl methyl sites for hydroxylation is 1. The molecular formula is C15H17NO4. The second kappa shape index (κ2) is 6.23. The molecule has 2 rings (SSSR count). The number of aromatic nitrogens is 1. The van der Waals surface area contributed by atoms with E-state index in [1.54, 1.807) is 14.0 Å². The summed E-state index contributed by atoms with van der Waals surface area (Å²) in [4.78, 5) is 16.1. The van der Waals surface area contributed by atoms with E-state index >= 15 is 0 Å². The van der Waals surface area contributed by atoms with Crippen molar-refractivity contribution in [3.8, 4) is 17.2 Å². The van der Waals surface area contributed by atoms with Gasteiger partial charge in [0.1, 0.15) is 5.75 Å². The van der Waals surface area contributed by atoms with Crippen molar-refractivity contribution < 1.29 is 18.7 Å². The van der Waals surface area contributed by atoms with Gasteiger partial charge in [0.2, 0.25) is 11.7 Å². The van der Waals surface area contributed by atoms with Gasteiger partial charge in [-0.05, 0) is 37.6 Å². The summed E-state index contributed by atoms with van der Waals surface area (Å²) in [7, 11) is 1.61. The molecule has 0 aliphatic heterocycles. The predicted octanol–water partition coefficient (Wildman–Crippen LogP) is 3.09. The lowest BCUT2D eigenvalue weighted by atomic mass is 10.2. The normalized spacial score (nSPS) is 10.3. The first-order valence-corrected chi connectivity index (χ1v) is 6.50. The molecule has 1 heterocycles. The molecule has 5 heteroatoms. The zero-order valence-electron chi connectivity index (χ0n) is 11.8. The van der Waals surface area contributed by atoms with Gasteiger partial charge in [0, 0.05) is 5.56 Å². The van der Waals surface area contributed by atoms with Gasteiger partial charge < -0.3 is 13.9 Å². The molecule has 1 aromatic carbocycles. The molecule has 1 aromatic heterocycles. The number of hydrogen-bond acceptors (Lipinski definition) is 5. The van der Waals surface area contributed by atoms with Crippen molar-refractivity contribution in [3.63, 3.8) is 0 Å². The molecular weight excluding hydrogens is 258 g/mol. The van der Waals surface area contributed by atoms with Crippen molar-refractivity contribution in [1.29, 1.82) is 0 Å². The Labute approximate surface area is 117 Å². The third-order valence-electron chi connectivity index (χ3n) is 2.83. The van der Waals surface area contributed by atoms with Crippen LogP contribution in [-0.2, 0) is 11.2 Å². The lowest BCUT2D eigenvalue weighted by Crippen LogP contribution is -2.05. The second-order valence-corrected chi connectivity index (χ2v) is 4.10. The van der Waals surface area contributed by atoms with Crippen LogP contribution >= 0.6 is 0 Å². The number of rotatable bonds is 5. The van der Waals surface area contributed by atoms with Crippen LogP contribution in [0, 0.1) is 0 Å². The fourth-order valence-corrected chi connectivity index (χ4v) is 1.80. The van der Waals surface area contributed by atoms with Gasteiger partial charge in [-0.2, -0.15) is 0 Å². The number of benzene rings is 1. The van der Waals surface area contributed by atoms with Gasteiger partial charge in [-0.3, -0.25) is 0 Å². The van der Waals surface area contributed by atoms with E-state index in [4.69, 9.17) is 13.9 Å². The van der Waals surface area contributed by atoms with E-state index < -0.39 is 5.97 Å². The Morgan fingerprint density at radius 3 is 2.50 bits per heavy atom. The van der Waals surface area contributed by atoms with Crippen molar-refractivity contribution in [2.24, 2.45) is 0 Å². The molecule has 20 heavy (non-hydrogen) atoms. The van der Waals surface area contributed by atoms with Crippen LogP contribution in [0.5, 0.6) is 5.75 Å². The Morgan fingerprint density at radius 2 is 1.95 bits per heavy atom. The summed E-state index contributed by atoms with van der Waals surface area (Å²) in [5.74, 6) is 0.867. The number of oxazole rings is 1. The van der Waals surface area contributed by atoms with Crippen LogP contribution in [0.25, 0.3) is 11.5 Å². The van der Waals surface area contributed by atoms with Gasteiger partial charge in [-0.25, -0.2) is 9.78 Å². The molecule has 0 bridgehead atoms. The highest BCUT2D eigenvalue weighted by Gasteiger charge is 2.20. The number of methoxy groups -OCH3 is 1. The summed E-state index contributed by atoms with van der Waals surface area (Å²) in [5, 5.41) is 0. The monoisotopic (exact) mass is 275 g/mol. The number of esters is 1. The lowest BCUT2D eigenvalue weighted by Gasteiger charge is -2.00. The SMILES string of the molecule is CCOC(=O)c1oc(-c2ccc(OC)cc2)nc1CC. The number of nitrogens with zero attached hydrogens (tertiary/aromatic N) is 1. The molecule has 0 fully saturated rings. The highest BCUT2D eigenvalue weighted by atomic mass is 16.5. The minimum absolute atomic E-state index is 0.181. The Morgan fingerprint density at radius 1 is 1.25 bits per heavy atom. The van der Waals surface area contributed by atoms with Gasteiger partial charge in [-0.15, -0.1) is 0 Å². The van der Waals surface area contributed by atoms with E-state index in [1.807, 2.05) is 31.2 Å². The van der Waals surface area contributed by atoms with Crippen LogP contribution in [0.2, 0.25) is 0 Å². The fourth-order valence-electron chi connectivity index (χ4n) is 1.80. The molecule has 0 atom stereocenters. The van der Waals surface area contributed by atoms with Gasteiger partial charge >= 0.3 is 5.97 Å². The van der Waals surface area contributed by atoms with Crippen molar-refractivity contribution in [3.05, 3.63) is 35.7 Å². The topological polar surface area (TPSA) is 61.6 Å². The standard InChI is InChI=1S/C15H17NO4/c1-4-12-13(15(17)19-5-2)20-14(16-12)10-6-8-11(18-3)9-7-10/h6-9H,4-5H2,1-3H3. The summed E-state index contributed by atoms with van der Waals surface area (Å²) in [6, 6.07) is 7.29. The highest BCUT2D eigenvalue weighted by Crippen LogP contribution is 2.25. The number of ether oxygens (including phenoxy) is 2. The second-order valence-electron chi connectivity index (χ2n) is 4.10. The average molecular weight is 275 g/mol. The smallest absolute Gasteiger partial charge is 0.376 e. The largest absolute Gasteiger partial charge is 0.497 e. The summed E-state index contributed by atoms with van der Waals surface area (Å²) >= 11 is 0. The first-order chi connectivity index (χ1) is 9.69. The summed E-state index contributed by atoms with van der Waals surface area (Å²) < 4.78 is 15.6. The molecule has 2 aromatic rings. The van der Waals surface area contributed by atoms with E-state index in [1.165, 1.54) is 0 Å². The van der Waals surface area contributed by atoms with E-state index in [-0.39, 0.29) is 5.76 Å². The molecule has 5 nitrogen and oxygen atoms in total. The van der Waals surface area contributed by atoms with Crippen molar-refractivity contribution in [2.45, 2.75) is 20.3 Å². The maximum atomic E-state index is 11.8. The fraction of sp³-hybridized carbons (Fsp3) is 0.333. The van der Waals surface area contributed by atoms with Crippen LogP contribution in [-0.4, -0.2) is 24.7 Å². The van der Waals surface area contributed by atoms with E-state index in [2.05, 4.69) is 4.98 Å². The Bertz CT molecular complexity index is 586. The first-order valence-electron chi connectivity index (χ1n) is 6.50. The van der Waals surface area contributed by atoms with Crippen LogP contribution in [0.1, 0.15) is 30.1 Å². The minimum Gasteiger partial charge on any atom is -0.497 e. The van der Waals surface area contributed by atoms with Crippen LogP contribution in [0.3, 0.4) is 0 Å². The number of carbonyl (C=O) groups excluding carboxylic acids is 1. The van der Waals surface area contributed by atoms with Crippen LogP contribution in [0.4, 0.5) is 0 Å². The first kappa shape index (κ1) is 14.1. The summed E-state index contributed by atoms with van der Waals surface area (Å²) in [5.41, 5.74) is 1.39. The van der Waals surface area contributed by atoms with Crippen LogP contribution < -0.4 is 4.74 Å². The molecule has 0 aliphatic rings. The predicted molar refractivity (Wildman–Crippen MR) is 73.8 cm³/mol. The quantitative estimate of drug-likeness (QED) is 0.785. The van der Waals surface area contributed by atoms with Crippen molar-refractivity contribution >= 4 is 5.97 Å². The van der Waals surface area contributed by atoms with E-state index in [0.29, 0.717) is 24.6 Å². The number of carbonyl (C=O) groups is 1.